The molecular weight excluding hydrogens is 380 g/mol. The minimum Gasteiger partial charge on any atom is -0.465 e. The Labute approximate surface area is 162 Å². The van der Waals surface area contributed by atoms with E-state index < -0.39 is 16.5 Å². The third-order valence-corrected chi connectivity index (χ3v) is 4.39. The summed E-state index contributed by atoms with van der Waals surface area (Å²) in [5.41, 5.74) is 2.92. The number of nitriles is 1. The second-order valence-electron chi connectivity index (χ2n) is 5.89. The summed E-state index contributed by atoms with van der Waals surface area (Å²) in [5, 5.41) is 8.92. The predicted octanol–water partition coefficient (Wildman–Crippen LogP) is 2.76. The number of ether oxygens (including phenoxy) is 1. The third-order valence-electron chi connectivity index (χ3n) is 4.03. The number of rotatable bonds is 6. The highest BCUT2D eigenvalue weighted by Crippen LogP contribution is 2.24. The quantitative estimate of drug-likeness (QED) is 0.592. The summed E-state index contributed by atoms with van der Waals surface area (Å²) >= 11 is 0. The van der Waals surface area contributed by atoms with Crippen LogP contribution in [0, 0.1) is 11.3 Å². The van der Waals surface area contributed by atoms with Crippen molar-refractivity contribution in [1.29, 1.82) is 5.26 Å². The van der Waals surface area contributed by atoms with Crippen molar-refractivity contribution < 1.29 is 17.9 Å². The Balaban J connectivity index is 2.07. The van der Waals surface area contributed by atoms with Gasteiger partial charge in [-0.25, -0.2) is 4.98 Å². The Bertz CT molecular complexity index is 1200. The molecule has 3 aromatic rings. The van der Waals surface area contributed by atoms with E-state index in [1.54, 1.807) is 41.8 Å². The van der Waals surface area contributed by atoms with Gasteiger partial charge in [0, 0.05) is 6.42 Å². The van der Waals surface area contributed by atoms with Crippen LogP contribution in [0.1, 0.15) is 23.9 Å². The highest BCUT2D eigenvalue weighted by Gasteiger charge is 2.15. The average molecular weight is 396 g/mol. The molecule has 9 heteroatoms. The lowest BCUT2D eigenvalue weighted by Gasteiger charge is -2.09. The number of imidazole rings is 1. The summed E-state index contributed by atoms with van der Waals surface area (Å²) in [6.07, 6.45) is 0.430. The summed E-state index contributed by atoms with van der Waals surface area (Å²) in [5.74, 6) is 0.200. The number of esters is 1. The zero-order chi connectivity index (χ0) is 20.1. The molecule has 0 atom stereocenters. The molecule has 8 nitrogen and oxygen atoms in total. The van der Waals surface area contributed by atoms with Crippen molar-refractivity contribution in [1.82, 2.24) is 9.55 Å². The first-order chi connectivity index (χ1) is 13.5. The number of carbonyl (C=O) groups is 1. The van der Waals surface area contributed by atoms with E-state index in [0.29, 0.717) is 28.8 Å². The lowest BCUT2D eigenvalue weighted by atomic mass is 10.1. The van der Waals surface area contributed by atoms with Gasteiger partial charge < -0.3 is 9.30 Å². The van der Waals surface area contributed by atoms with Gasteiger partial charge in [-0.3, -0.25) is 4.79 Å². The van der Waals surface area contributed by atoms with E-state index in [9.17, 15) is 13.2 Å². The van der Waals surface area contributed by atoms with E-state index in [2.05, 4.69) is 15.4 Å². The summed E-state index contributed by atoms with van der Waals surface area (Å²) in [7, 11) is -2.58. The van der Waals surface area contributed by atoms with E-state index >= 15 is 0 Å². The van der Waals surface area contributed by atoms with Gasteiger partial charge >= 0.3 is 16.5 Å². The number of fused-ring (bicyclic) bond motifs is 1. The Kier molecular flexibility index (Phi) is 5.81. The van der Waals surface area contributed by atoms with Crippen LogP contribution in [0.4, 0.5) is 5.69 Å². The molecule has 142 valence electrons. The van der Waals surface area contributed by atoms with Crippen LogP contribution in [0.2, 0.25) is 0 Å². The first kappa shape index (κ1) is 19.3. The fraction of sp³-hybridized carbons (Fsp3) is 0.211. The molecule has 3 rings (SSSR count). The Hall–Kier alpha value is -3.51. The molecule has 0 radical (unpaired) electrons. The second kappa shape index (κ2) is 8.45. The summed E-state index contributed by atoms with van der Waals surface area (Å²) in [4.78, 5) is 16.7. The van der Waals surface area contributed by atoms with E-state index in [1.807, 2.05) is 12.1 Å². The van der Waals surface area contributed by atoms with Gasteiger partial charge in [-0.05, 0) is 42.8 Å². The monoisotopic (exact) mass is 396 g/mol. The van der Waals surface area contributed by atoms with Crippen LogP contribution >= 0.6 is 0 Å². The highest BCUT2D eigenvalue weighted by molar-refractivity contribution is 7.61. The SMILES string of the molecule is CCOC(=O)Cn1c(Cc2ccc(C#N)cc2)nc2ccc(N=S(=O)=O)cc21. The maximum Gasteiger partial charge on any atom is 0.326 e. The molecule has 0 aliphatic heterocycles. The molecule has 0 saturated heterocycles. The fourth-order valence-electron chi connectivity index (χ4n) is 2.83. The first-order valence-electron chi connectivity index (χ1n) is 8.45. The maximum absolute atomic E-state index is 12.1. The van der Waals surface area contributed by atoms with Crippen LogP contribution in [0.25, 0.3) is 11.0 Å². The zero-order valence-electron chi connectivity index (χ0n) is 15.0. The summed E-state index contributed by atoms with van der Waals surface area (Å²) in [6.45, 7) is 1.92. The van der Waals surface area contributed by atoms with E-state index in [4.69, 9.17) is 10.00 Å². The molecule has 0 unspecified atom stereocenters. The largest absolute Gasteiger partial charge is 0.465 e. The predicted molar refractivity (Wildman–Crippen MR) is 101 cm³/mol. The number of nitrogens with zero attached hydrogens (tertiary/aromatic N) is 4. The molecule has 0 aliphatic carbocycles. The standard InChI is InChI=1S/C19H16N4O4S/c1-2-27-19(24)12-23-17-10-15(22-28(25)26)7-8-16(17)21-18(23)9-13-3-5-14(11-20)6-4-13/h3-8,10H,2,9,12H2,1H3. The van der Waals surface area contributed by atoms with Gasteiger partial charge in [0.05, 0.1) is 35.0 Å². The lowest BCUT2D eigenvalue weighted by Crippen LogP contribution is -2.15. The molecule has 1 aromatic heterocycles. The molecule has 0 amide bonds. The average Bonchev–Trinajstić information content (AvgIpc) is 2.99. The number of carbonyl (C=O) groups excluding carboxylic acids is 1. The highest BCUT2D eigenvalue weighted by atomic mass is 32.2. The van der Waals surface area contributed by atoms with E-state index in [-0.39, 0.29) is 18.8 Å². The summed E-state index contributed by atoms with van der Waals surface area (Å²) in [6, 6.07) is 13.9. The van der Waals surface area contributed by atoms with Crippen molar-refractivity contribution in [3.8, 4) is 6.07 Å². The molecule has 28 heavy (non-hydrogen) atoms. The van der Waals surface area contributed by atoms with Gasteiger partial charge in [-0.15, -0.1) is 4.36 Å². The van der Waals surface area contributed by atoms with Crippen molar-refractivity contribution in [2.75, 3.05) is 6.61 Å². The minimum absolute atomic E-state index is 0.0557. The van der Waals surface area contributed by atoms with Crippen LogP contribution in [-0.4, -0.2) is 30.5 Å². The van der Waals surface area contributed by atoms with Gasteiger partial charge in [0.2, 0.25) is 0 Å². The number of benzene rings is 2. The number of hydrogen-bond acceptors (Lipinski definition) is 7. The molecule has 2 aromatic carbocycles. The van der Waals surface area contributed by atoms with Crippen LogP contribution < -0.4 is 0 Å². The van der Waals surface area contributed by atoms with Crippen LogP contribution in [-0.2, 0) is 33.0 Å². The molecule has 0 saturated carbocycles. The van der Waals surface area contributed by atoms with Crippen LogP contribution in [0.15, 0.2) is 46.8 Å². The van der Waals surface area contributed by atoms with Gasteiger partial charge in [-0.2, -0.15) is 13.7 Å². The summed E-state index contributed by atoms with van der Waals surface area (Å²) < 4.78 is 32.0. The lowest BCUT2D eigenvalue weighted by molar-refractivity contribution is -0.143. The molecular formula is C19H16N4O4S. The molecule has 0 fully saturated rings. The van der Waals surface area contributed by atoms with Crippen molar-refractivity contribution in [3.05, 3.63) is 59.4 Å². The number of aromatic nitrogens is 2. The van der Waals surface area contributed by atoms with Crippen molar-refractivity contribution in [2.45, 2.75) is 19.9 Å². The van der Waals surface area contributed by atoms with Crippen molar-refractivity contribution in [3.63, 3.8) is 0 Å². The number of hydrogen-bond donors (Lipinski definition) is 0. The molecule has 0 N–H and O–H groups in total. The van der Waals surface area contributed by atoms with Crippen molar-refractivity contribution in [2.24, 2.45) is 4.36 Å². The van der Waals surface area contributed by atoms with Crippen LogP contribution in [0.3, 0.4) is 0 Å². The van der Waals surface area contributed by atoms with Crippen LogP contribution in [0.5, 0.6) is 0 Å². The van der Waals surface area contributed by atoms with Crippen molar-refractivity contribution >= 4 is 33.2 Å². The Morgan fingerprint density at radius 3 is 2.64 bits per heavy atom. The van der Waals surface area contributed by atoms with Gasteiger partial charge in [0.15, 0.2) is 0 Å². The second-order valence-corrected chi connectivity index (χ2v) is 6.50. The zero-order valence-corrected chi connectivity index (χ0v) is 15.8. The Morgan fingerprint density at radius 2 is 2.00 bits per heavy atom. The smallest absolute Gasteiger partial charge is 0.326 e. The Morgan fingerprint density at radius 1 is 1.25 bits per heavy atom. The normalized spacial score (nSPS) is 10.4. The molecule has 1 heterocycles. The fourth-order valence-corrected chi connectivity index (χ4v) is 3.12. The minimum atomic E-state index is -2.58. The van der Waals surface area contributed by atoms with Gasteiger partial charge in [0.1, 0.15) is 12.4 Å². The first-order valence-corrected chi connectivity index (χ1v) is 9.48. The topological polar surface area (TPSA) is 114 Å². The molecule has 0 bridgehead atoms. The van der Waals surface area contributed by atoms with Gasteiger partial charge in [-0.1, -0.05) is 12.1 Å². The van der Waals surface area contributed by atoms with E-state index in [0.717, 1.165) is 5.56 Å². The third kappa shape index (κ3) is 4.42. The van der Waals surface area contributed by atoms with Gasteiger partial charge in [0.25, 0.3) is 0 Å². The van der Waals surface area contributed by atoms with E-state index in [1.165, 1.54) is 0 Å². The maximum atomic E-state index is 12.1. The molecule has 0 spiro atoms. The molecule has 0 aliphatic rings.